The first-order valence-electron chi connectivity index (χ1n) is 6.69. The van der Waals surface area contributed by atoms with Gasteiger partial charge in [-0.1, -0.05) is 18.2 Å². The number of fused-ring (bicyclic) bond motifs is 1. The van der Waals surface area contributed by atoms with E-state index in [0.29, 0.717) is 6.42 Å². The molecule has 0 saturated heterocycles. The number of aliphatic hydroxyl groups excluding tert-OH is 1. The molecule has 4 nitrogen and oxygen atoms in total. The molecule has 4 heteroatoms. The number of benzene rings is 1. The zero-order valence-electron chi connectivity index (χ0n) is 11.7. The van der Waals surface area contributed by atoms with Crippen LogP contribution in [0.1, 0.15) is 11.1 Å². The highest BCUT2D eigenvalue weighted by Crippen LogP contribution is 2.25. The van der Waals surface area contributed by atoms with Gasteiger partial charge >= 0.3 is 0 Å². The number of hydrogen-bond acceptors (Lipinski definition) is 3. The third-order valence-corrected chi connectivity index (χ3v) is 3.49. The van der Waals surface area contributed by atoms with Gasteiger partial charge in [0, 0.05) is 25.2 Å². The molecule has 0 radical (unpaired) electrons. The number of hydrogen-bond donors (Lipinski definition) is 1. The number of pyridine rings is 1. The lowest BCUT2D eigenvalue weighted by Crippen LogP contribution is -1.97. The molecule has 1 aromatic carbocycles. The van der Waals surface area contributed by atoms with Gasteiger partial charge in [-0.15, -0.1) is 0 Å². The number of aryl methyl sites for hydroxylation is 2. The van der Waals surface area contributed by atoms with Crippen molar-refractivity contribution in [2.24, 2.45) is 7.05 Å². The van der Waals surface area contributed by atoms with Crippen molar-refractivity contribution >= 4 is 10.9 Å². The SMILES string of the molecule is Cc1cc(-c2ccn(C)n2)nc2c(CCO)cccc12. The second-order valence-corrected chi connectivity index (χ2v) is 4.99. The zero-order valence-corrected chi connectivity index (χ0v) is 11.7. The minimum atomic E-state index is 0.133. The summed E-state index contributed by atoms with van der Waals surface area (Å²) in [5, 5.41) is 14.7. The fourth-order valence-corrected chi connectivity index (χ4v) is 2.48. The topological polar surface area (TPSA) is 50.9 Å². The Bertz CT molecular complexity index is 762. The molecule has 20 heavy (non-hydrogen) atoms. The number of para-hydroxylation sites is 1. The Balaban J connectivity index is 2.23. The van der Waals surface area contributed by atoms with E-state index in [9.17, 15) is 5.11 Å². The van der Waals surface area contributed by atoms with E-state index in [-0.39, 0.29) is 6.61 Å². The number of rotatable bonds is 3. The van der Waals surface area contributed by atoms with E-state index in [2.05, 4.69) is 24.2 Å². The standard InChI is InChI=1S/C16H17N3O/c1-11-10-15(14-6-8-19(2)18-14)17-16-12(7-9-20)4-3-5-13(11)16/h3-6,8,10,20H,7,9H2,1-2H3. The molecule has 2 heterocycles. The first-order valence-corrected chi connectivity index (χ1v) is 6.69. The molecule has 3 rings (SSSR count). The molecule has 0 unspecified atom stereocenters. The maximum Gasteiger partial charge on any atom is 0.111 e. The van der Waals surface area contributed by atoms with Gasteiger partial charge in [0.2, 0.25) is 0 Å². The van der Waals surface area contributed by atoms with Crippen LogP contribution in [0.2, 0.25) is 0 Å². The molecular formula is C16H17N3O. The monoisotopic (exact) mass is 267 g/mol. The summed E-state index contributed by atoms with van der Waals surface area (Å²) < 4.78 is 1.77. The van der Waals surface area contributed by atoms with Crippen molar-refractivity contribution in [3.8, 4) is 11.4 Å². The van der Waals surface area contributed by atoms with Crippen molar-refractivity contribution in [3.63, 3.8) is 0 Å². The van der Waals surface area contributed by atoms with Crippen LogP contribution in [0.5, 0.6) is 0 Å². The summed E-state index contributed by atoms with van der Waals surface area (Å²) >= 11 is 0. The van der Waals surface area contributed by atoms with Crippen LogP contribution in [0.4, 0.5) is 0 Å². The third-order valence-electron chi connectivity index (χ3n) is 3.49. The van der Waals surface area contributed by atoms with Crippen LogP contribution in [0.25, 0.3) is 22.3 Å². The van der Waals surface area contributed by atoms with Gasteiger partial charge < -0.3 is 5.11 Å². The maximum absolute atomic E-state index is 9.19. The summed E-state index contributed by atoms with van der Waals surface area (Å²) in [6, 6.07) is 10.1. The lowest BCUT2D eigenvalue weighted by Gasteiger charge is -2.09. The van der Waals surface area contributed by atoms with Gasteiger partial charge in [-0.05, 0) is 36.6 Å². The predicted octanol–water partition coefficient (Wildman–Crippen LogP) is 2.48. The van der Waals surface area contributed by atoms with Gasteiger partial charge in [-0.3, -0.25) is 4.68 Å². The average Bonchev–Trinajstić information content (AvgIpc) is 2.86. The molecule has 0 aliphatic rings. The Hall–Kier alpha value is -2.20. The molecular weight excluding hydrogens is 250 g/mol. The van der Waals surface area contributed by atoms with Gasteiger partial charge in [0.1, 0.15) is 5.69 Å². The Labute approximate surface area is 117 Å². The molecule has 0 aliphatic heterocycles. The lowest BCUT2D eigenvalue weighted by atomic mass is 10.0. The highest BCUT2D eigenvalue weighted by Gasteiger charge is 2.09. The van der Waals surface area contributed by atoms with Crippen molar-refractivity contribution in [1.29, 1.82) is 0 Å². The fraction of sp³-hybridized carbons (Fsp3) is 0.250. The number of aromatic nitrogens is 3. The highest BCUT2D eigenvalue weighted by molar-refractivity contribution is 5.87. The van der Waals surface area contributed by atoms with E-state index in [1.165, 1.54) is 5.56 Å². The molecule has 102 valence electrons. The van der Waals surface area contributed by atoms with Crippen molar-refractivity contribution < 1.29 is 5.11 Å². The minimum absolute atomic E-state index is 0.133. The number of nitrogens with zero attached hydrogens (tertiary/aromatic N) is 3. The van der Waals surface area contributed by atoms with Crippen molar-refractivity contribution in [3.05, 3.63) is 47.7 Å². The van der Waals surface area contributed by atoms with Crippen LogP contribution < -0.4 is 0 Å². The first kappa shape index (κ1) is 12.8. The van der Waals surface area contributed by atoms with Gasteiger partial charge in [-0.25, -0.2) is 4.98 Å². The molecule has 2 aromatic heterocycles. The van der Waals surface area contributed by atoms with E-state index in [1.54, 1.807) is 4.68 Å². The lowest BCUT2D eigenvalue weighted by molar-refractivity contribution is 0.300. The second kappa shape index (κ2) is 5.06. The quantitative estimate of drug-likeness (QED) is 0.793. The Morgan fingerprint density at radius 2 is 2.05 bits per heavy atom. The highest BCUT2D eigenvalue weighted by atomic mass is 16.2. The second-order valence-electron chi connectivity index (χ2n) is 4.99. The molecule has 0 fully saturated rings. The molecule has 1 N–H and O–H groups in total. The summed E-state index contributed by atoms with van der Waals surface area (Å²) in [5.74, 6) is 0. The molecule has 0 spiro atoms. The van der Waals surface area contributed by atoms with E-state index >= 15 is 0 Å². The molecule has 0 saturated carbocycles. The van der Waals surface area contributed by atoms with Gasteiger partial charge in [-0.2, -0.15) is 5.10 Å². The fourth-order valence-electron chi connectivity index (χ4n) is 2.48. The van der Waals surface area contributed by atoms with Gasteiger partial charge in [0.15, 0.2) is 0 Å². The van der Waals surface area contributed by atoms with Crippen LogP contribution in [-0.2, 0) is 13.5 Å². The molecule has 0 bridgehead atoms. The average molecular weight is 267 g/mol. The van der Waals surface area contributed by atoms with Crippen LogP contribution >= 0.6 is 0 Å². The van der Waals surface area contributed by atoms with Crippen LogP contribution in [0, 0.1) is 6.92 Å². The molecule has 0 aliphatic carbocycles. The Kier molecular flexibility index (Phi) is 3.24. The smallest absolute Gasteiger partial charge is 0.111 e. The Morgan fingerprint density at radius 1 is 1.20 bits per heavy atom. The van der Waals surface area contributed by atoms with Gasteiger partial charge in [0.05, 0.1) is 11.2 Å². The van der Waals surface area contributed by atoms with Crippen molar-refractivity contribution in [2.45, 2.75) is 13.3 Å². The summed E-state index contributed by atoms with van der Waals surface area (Å²) in [7, 11) is 1.90. The van der Waals surface area contributed by atoms with E-state index in [4.69, 9.17) is 4.98 Å². The van der Waals surface area contributed by atoms with Crippen molar-refractivity contribution in [2.75, 3.05) is 6.61 Å². The zero-order chi connectivity index (χ0) is 14.1. The number of aliphatic hydroxyl groups is 1. The third kappa shape index (κ3) is 2.18. The summed E-state index contributed by atoms with van der Waals surface area (Å²) in [6.45, 7) is 2.22. The van der Waals surface area contributed by atoms with Crippen LogP contribution in [-0.4, -0.2) is 26.5 Å². The predicted molar refractivity (Wildman–Crippen MR) is 79.5 cm³/mol. The van der Waals surface area contributed by atoms with E-state index in [1.807, 2.05) is 31.4 Å². The summed E-state index contributed by atoms with van der Waals surface area (Å²) in [6.07, 6.45) is 2.53. The Morgan fingerprint density at radius 3 is 2.75 bits per heavy atom. The normalized spacial score (nSPS) is 11.2. The molecule has 3 aromatic rings. The van der Waals surface area contributed by atoms with Gasteiger partial charge in [0.25, 0.3) is 0 Å². The first-order chi connectivity index (χ1) is 9.69. The summed E-state index contributed by atoms with van der Waals surface area (Å²) in [5.41, 5.74) is 4.96. The minimum Gasteiger partial charge on any atom is -0.396 e. The van der Waals surface area contributed by atoms with Crippen LogP contribution in [0.3, 0.4) is 0 Å². The van der Waals surface area contributed by atoms with Crippen molar-refractivity contribution in [1.82, 2.24) is 14.8 Å². The molecule has 0 atom stereocenters. The maximum atomic E-state index is 9.19. The van der Waals surface area contributed by atoms with E-state index < -0.39 is 0 Å². The molecule has 0 amide bonds. The largest absolute Gasteiger partial charge is 0.396 e. The summed E-state index contributed by atoms with van der Waals surface area (Å²) in [4.78, 5) is 4.75. The van der Waals surface area contributed by atoms with Crippen LogP contribution in [0.15, 0.2) is 36.5 Å². The van der Waals surface area contributed by atoms with E-state index in [0.717, 1.165) is 27.9 Å².